The first kappa shape index (κ1) is 16.8. The summed E-state index contributed by atoms with van der Waals surface area (Å²) in [5.74, 6) is 0.831. The summed E-state index contributed by atoms with van der Waals surface area (Å²) in [4.78, 5) is 10.7. The van der Waals surface area contributed by atoms with Crippen LogP contribution in [0.3, 0.4) is 0 Å². The van der Waals surface area contributed by atoms with Crippen LogP contribution in [0.5, 0.6) is 0 Å². The third kappa shape index (κ3) is 19.7. The van der Waals surface area contributed by atoms with E-state index in [-0.39, 0.29) is 5.91 Å². The van der Waals surface area contributed by atoms with Crippen LogP contribution in [0.1, 0.15) is 47.5 Å². The van der Waals surface area contributed by atoms with E-state index in [0.29, 0.717) is 18.4 Å². The van der Waals surface area contributed by atoms with Gasteiger partial charge in [-0.05, 0) is 19.4 Å². The van der Waals surface area contributed by atoms with Gasteiger partial charge in [-0.3, -0.25) is 4.79 Å². The fraction of sp³-hybridized carbons (Fsp3) is 0.917. The lowest BCUT2D eigenvalue weighted by molar-refractivity contribution is -0.120. The molecule has 0 heterocycles. The number of carbonyl (C=O) groups is 1. The molecule has 2 N–H and O–H groups in total. The van der Waals surface area contributed by atoms with Gasteiger partial charge in [-0.25, -0.2) is 0 Å². The van der Waals surface area contributed by atoms with Gasteiger partial charge in [-0.2, -0.15) is 0 Å². The molecular weight excluding hydrogens is 188 g/mol. The summed E-state index contributed by atoms with van der Waals surface area (Å²) < 4.78 is 0. The lowest BCUT2D eigenvalue weighted by atomic mass is 10.1. The van der Waals surface area contributed by atoms with E-state index in [1.54, 1.807) is 0 Å². The maximum atomic E-state index is 10.7. The summed E-state index contributed by atoms with van der Waals surface area (Å²) in [5.41, 5.74) is 0. The fourth-order valence-electron chi connectivity index (χ4n) is 0.625. The van der Waals surface area contributed by atoms with E-state index in [1.165, 1.54) is 0 Å². The Hall–Kier alpha value is -0.570. The van der Waals surface area contributed by atoms with E-state index < -0.39 is 0 Å². The number of amides is 1. The molecule has 0 saturated heterocycles. The molecule has 92 valence electrons. The van der Waals surface area contributed by atoms with Gasteiger partial charge in [0.05, 0.1) is 0 Å². The van der Waals surface area contributed by atoms with Gasteiger partial charge in [0, 0.05) is 19.0 Å². The number of nitrogens with one attached hydrogen (secondary N) is 2. The van der Waals surface area contributed by atoms with E-state index in [2.05, 4.69) is 38.3 Å². The quantitative estimate of drug-likeness (QED) is 0.739. The molecule has 0 rings (SSSR count). The Kier molecular flexibility index (Phi) is 12.9. The van der Waals surface area contributed by atoms with E-state index in [0.717, 1.165) is 13.0 Å². The van der Waals surface area contributed by atoms with Crippen LogP contribution in [0.15, 0.2) is 0 Å². The standard InChI is InChI=1S/C8H17NO.C4H11N/c1-4-8(10)9-6-5-7(2)3;1-4(2)5-3/h7H,4-6H2,1-3H3,(H,9,10);4-5H,1-3H3. The number of hydrogen-bond donors (Lipinski definition) is 2. The van der Waals surface area contributed by atoms with E-state index in [1.807, 2.05) is 14.0 Å². The number of hydrogen-bond acceptors (Lipinski definition) is 2. The first-order chi connectivity index (χ1) is 6.93. The summed E-state index contributed by atoms with van der Waals surface area (Å²) in [6.45, 7) is 11.2. The van der Waals surface area contributed by atoms with Crippen molar-refractivity contribution in [2.24, 2.45) is 5.92 Å². The largest absolute Gasteiger partial charge is 0.356 e. The van der Waals surface area contributed by atoms with Crippen LogP contribution in [-0.2, 0) is 4.79 Å². The molecule has 0 aromatic carbocycles. The van der Waals surface area contributed by atoms with E-state index in [4.69, 9.17) is 0 Å². The Bertz CT molecular complexity index is 145. The van der Waals surface area contributed by atoms with Gasteiger partial charge >= 0.3 is 0 Å². The van der Waals surface area contributed by atoms with Gasteiger partial charge in [0.2, 0.25) is 5.91 Å². The SMILES string of the molecule is CCC(=O)NCCC(C)C.CNC(C)C. The van der Waals surface area contributed by atoms with Crippen molar-refractivity contribution >= 4 is 5.91 Å². The van der Waals surface area contributed by atoms with Gasteiger partial charge < -0.3 is 10.6 Å². The minimum absolute atomic E-state index is 0.153. The first-order valence-electron chi connectivity index (χ1n) is 5.87. The molecule has 0 atom stereocenters. The minimum Gasteiger partial charge on any atom is -0.356 e. The molecule has 0 saturated carbocycles. The molecule has 0 aromatic heterocycles. The second-order valence-electron chi connectivity index (χ2n) is 4.33. The average molecular weight is 216 g/mol. The molecule has 0 aliphatic heterocycles. The lowest BCUT2D eigenvalue weighted by Gasteiger charge is -2.04. The summed E-state index contributed by atoms with van der Waals surface area (Å²) >= 11 is 0. The zero-order valence-electron chi connectivity index (χ0n) is 11.2. The summed E-state index contributed by atoms with van der Waals surface area (Å²) in [5, 5.41) is 5.85. The molecule has 0 fully saturated rings. The van der Waals surface area contributed by atoms with E-state index >= 15 is 0 Å². The number of rotatable bonds is 5. The van der Waals surface area contributed by atoms with Crippen LogP contribution in [0, 0.1) is 5.92 Å². The lowest BCUT2D eigenvalue weighted by Crippen LogP contribution is -2.24. The molecule has 3 heteroatoms. The molecular formula is C12H28N2O. The van der Waals surface area contributed by atoms with Gasteiger partial charge in [-0.15, -0.1) is 0 Å². The zero-order chi connectivity index (χ0) is 12.3. The normalized spacial score (nSPS) is 9.87. The Morgan fingerprint density at radius 2 is 1.67 bits per heavy atom. The predicted octanol–water partition coefficient (Wildman–Crippen LogP) is 2.17. The monoisotopic (exact) mass is 216 g/mol. The zero-order valence-corrected chi connectivity index (χ0v) is 11.2. The molecule has 1 amide bonds. The van der Waals surface area contributed by atoms with Gasteiger partial charge in [-0.1, -0.05) is 34.6 Å². The first-order valence-corrected chi connectivity index (χ1v) is 5.87. The highest BCUT2D eigenvalue weighted by Crippen LogP contribution is 1.96. The summed E-state index contributed by atoms with van der Waals surface area (Å²) in [6.07, 6.45) is 1.67. The van der Waals surface area contributed by atoms with Gasteiger partial charge in [0.15, 0.2) is 0 Å². The van der Waals surface area contributed by atoms with Crippen LogP contribution >= 0.6 is 0 Å². The Morgan fingerprint density at radius 1 is 1.20 bits per heavy atom. The molecule has 3 nitrogen and oxygen atoms in total. The second-order valence-corrected chi connectivity index (χ2v) is 4.33. The molecule has 0 aliphatic carbocycles. The van der Waals surface area contributed by atoms with Crippen molar-refractivity contribution in [3.63, 3.8) is 0 Å². The highest BCUT2D eigenvalue weighted by atomic mass is 16.1. The van der Waals surface area contributed by atoms with Gasteiger partial charge in [0.1, 0.15) is 0 Å². The van der Waals surface area contributed by atoms with Crippen LogP contribution in [0.25, 0.3) is 0 Å². The highest BCUT2D eigenvalue weighted by molar-refractivity contribution is 5.75. The molecule has 15 heavy (non-hydrogen) atoms. The van der Waals surface area contributed by atoms with Crippen LogP contribution in [-0.4, -0.2) is 25.5 Å². The molecule has 0 unspecified atom stereocenters. The van der Waals surface area contributed by atoms with Crippen LogP contribution in [0.4, 0.5) is 0 Å². The van der Waals surface area contributed by atoms with Crippen LogP contribution < -0.4 is 10.6 Å². The minimum atomic E-state index is 0.153. The smallest absolute Gasteiger partial charge is 0.219 e. The topological polar surface area (TPSA) is 41.1 Å². The summed E-state index contributed by atoms with van der Waals surface area (Å²) in [7, 11) is 1.95. The molecule has 0 spiro atoms. The van der Waals surface area contributed by atoms with Crippen molar-refractivity contribution < 1.29 is 4.79 Å². The fourth-order valence-corrected chi connectivity index (χ4v) is 0.625. The van der Waals surface area contributed by atoms with Crippen molar-refractivity contribution in [2.45, 2.75) is 53.5 Å². The van der Waals surface area contributed by atoms with Crippen molar-refractivity contribution in [1.82, 2.24) is 10.6 Å². The molecule has 0 aromatic rings. The Labute approximate surface area is 95.0 Å². The van der Waals surface area contributed by atoms with Crippen molar-refractivity contribution in [3.05, 3.63) is 0 Å². The third-order valence-electron chi connectivity index (χ3n) is 1.94. The Balaban J connectivity index is 0. The van der Waals surface area contributed by atoms with Crippen molar-refractivity contribution in [1.29, 1.82) is 0 Å². The summed E-state index contributed by atoms with van der Waals surface area (Å²) in [6, 6.07) is 0.634. The average Bonchev–Trinajstić information content (AvgIpc) is 2.17. The maximum absolute atomic E-state index is 10.7. The third-order valence-corrected chi connectivity index (χ3v) is 1.94. The number of carbonyl (C=O) groups excluding carboxylic acids is 1. The van der Waals surface area contributed by atoms with Crippen molar-refractivity contribution in [2.75, 3.05) is 13.6 Å². The molecule has 0 bridgehead atoms. The van der Waals surface area contributed by atoms with Crippen molar-refractivity contribution in [3.8, 4) is 0 Å². The van der Waals surface area contributed by atoms with Crippen LogP contribution in [0.2, 0.25) is 0 Å². The predicted molar refractivity (Wildman–Crippen MR) is 67.0 cm³/mol. The van der Waals surface area contributed by atoms with Gasteiger partial charge in [0.25, 0.3) is 0 Å². The molecule has 0 radical (unpaired) electrons. The highest BCUT2D eigenvalue weighted by Gasteiger charge is 1.96. The molecule has 0 aliphatic rings. The maximum Gasteiger partial charge on any atom is 0.219 e. The second kappa shape index (κ2) is 11.5. The Morgan fingerprint density at radius 3 is 1.93 bits per heavy atom. The van der Waals surface area contributed by atoms with E-state index in [9.17, 15) is 4.79 Å².